The Bertz CT molecular complexity index is 1620. The Hall–Kier alpha value is -3.89. The first kappa shape index (κ1) is 22.9. The predicted octanol–water partition coefficient (Wildman–Crippen LogP) is 4.47. The van der Waals surface area contributed by atoms with Crippen molar-refractivity contribution in [1.29, 1.82) is 0 Å². The van der Waals surface area contributed by atoms with Gasteiger partial charge in [-0.1, -0.05) is 35.1 Å². The second-order valence-corrected chi connectivity index (χ2v) is 10.6. The predicted molar refractivity (Wildman–Crippen MR) is 134 cm³/mol. The van der Waals surface area contributed by atoms with Gasteiger partial charge < -0.3 is 14.0 Å². The minimum absolute atomic E-state index is 0.163. The van der Waals surface area contributed by atoms with Gasteiger partial charge in [0.15, 0.2) is 16.3 Å². The minimum atomic E-state index is -3.73. The van der Waals surface area contributed by atoms with Gasteiger partial charge in [0, 0.05) is 29.9 Å². The Morgan fingerprint density at radius 1 is 1.11 bits per heavy atom. The van der Waals surface area contributed by atoms with Crippen molar-refractivity contribution in [3.8, 4) is 11.5 Å². The standard InChI is InChI=1S/C25H21N3O5S2/c1-3-12-28-20-13-21-22(33-15-32-21)14-23(20)34-25(28)26-24(29)17-6-8-18(9-7-17)27-35(30,31)19-10-4-16(2)5-11-19/h3-11,13-14,27H,1,12,15H2,2H3. The molecule has 35 heavy (non-hydrogen) atoms. The second-order valence-electron chi connectivity index (χ2n) is 7.87. The lowest BCUT2D eigenvalue weighted by Crippen LogP contribution is -2.16. The Kier molecular flexibility index (Phi) is 5.91. The summed E-state index contributed by atoms with van der Waals surface area (Å²) in [5.41, 5.74) is 2.52. The van der Waals surface area contributed by atoms with Crippen molar-refractivity contribution in [2.24, 2.45) is 4.99 Å². The van der Waals surface area contributed by atoms with Gasteiger partial charge in [-0.05, 0) is 43.3 Å². The average molecular weight is 508 g/mol. The Morgan fingerprint density at radius 3 is 2.49 bits per heavy atom. The molecule has 0 aliphatic carbocycles. The van der Waals surface area contributed by atoms with Crippen molar-refractivity contribution in [2.45, 2.75) is 18.4 Å². The van der Waals surface area contributed by atoms with Crippen LogP contribution in [0.15, 0.2) is 83.2 Å². The average Bonchev–Trinajstić information content (AvgIpc) is 3.42. The lowest BCUT2D eigenvalue weighted by molar-refractivity contribution is 0.0998. The van der Waals surface area contributed by atoms with Crippen LogP contribution in [0.1, 0.15) is 15.9 Å². The zero-order chi connectivity index (χ0) is 24.6. The quantitative estimate of drug-likeness (QED) is 0.388. The number of amides is 1. The highest BCUT2D eigenvalue weighted by molar-refractivity contribution is 7.92. The van der Waals surface area contributed by atoms with Crippen molar-refractivity contribution >= 4 is 43.2 Å². The number of nitrogens with one attached hydrogen (secondary N) is 1. The number of aromatic nitrogens is 1. The maximum absolute atomic E-state index is 12.9. The van der Waals surface area contributed by atoms with E-state index in [1.54, 1.807) is 42.5 Å². The third-order valence-electron chi connectivity index (χ3n) is 5.40. The number of allylic oxidation sites excluding steroid dienone is 1. The number of rotatable bonds is 6. The van der Waals surface area contributed by atoms with Gasteiger partial charge in [-0.2, -0.15) is 4.99 Å². The van der Waals surface area contributed by atoms with Crippen molar-refractivity contribution in [3.63, 3.8) is 0 Å². The molecule has 3 aromatic carbocycles. The number of nitrogens with zero attached hydrogens (tertiary/aromatic N) is 2. The highest BCUT2D eigenvalue weighted by Gasteiger charge is 2.18. The molecule has 8 nitrogen and oxygen atoms in total. The molecular weight excluding hydrogens is 486 g/mol. The molecule has 0 atom stereocenters. The molecule has 1 aliphatic rings. The number of carbonyl (C=O) groups excluding carboxylic acids is 1. The first-order chi connectivity index (χ1) is 16.8. The van der Waals surface area contributed by atoms with Crippen LogP contribution in [-0.2, 0) is 16.6 Å². The molecule has 0 spiro atoms. The van der Waals surface area contributed by atoms with Gasteiger partial charge in [0.2, 0.25) is 6.79 Å². The van der Waals surface area contributed by atoms with Gasteiger partial charge in [-0.25, -0.2) is 8.42 Å². The molecular formula is C25H21N3O5S2. The van der Waals surface area contributed by atoms with Crippen LogP contribution >= 0.6 is 11.3 Å². The van der Waals surface area contributed by atoms with Crippen molar-refractivity contribution in [3.05, 3.63) is 89.2 Å². The molecule has 0 fully saturated rings. The molecule has 178 valence electrons. The lowest BCUT2D eigenvalue weighted by Gasteiger charge is -2.08. The molecule has 5 rings (SSSR count). The number of anilines is 1. The van der Waals surface area contributed by atoms with E-state index in [2.05, 4.69) is 16.3 Å². The van der Waals surface area contributed by atoms with E-state index in [1.165, 1.54) is 23.5 Å². The maximum atomic E-state index is 12.9. The summed E-state index contributed by atoms with van der Waals surface area (Å²) in [6, 6.07) is 16.5. The first-order valence-corrected chi connectivity index (χ1v) is 13.0. The van der Waals surface area contributed by atoms with Crippen molar-refractivity contribution in [1.82, 2.24) is 4.57 Å². The van der Waals surface area contributed by atoms with Crippen LogP contribution in [0.3, 0.4) is 0 Å². The fourth-order valence-corrected chi connectivity index (χ4v) is 5.72. The van der Waals surface area contributed by atoms with Gasteiger partial charge in [-0.15, -0.1) is 6.58 Å². The van der Waals surface area contributed by atoms with E-state index in [0.29, 0.717) is 34.1 Å². The van der Waals surface area contributed by atoms with E-state index in [1.807, 2.05) is 23.6 Å². The summed E-state index contributed by atoms with van der Waals surface area (Å²) in [5, 5.41) is 0. The molecule has 0 saturated heterocycles. The highest BCUT2D eigenvalue weighted by atomic mass is 32.2. The summed E-state index contributed by atoms with van der Waals surface area (Å²) in [6.45, 7) is 6.33. The fourth-order valence-electron chi connectivity index (χ4n) is 3.61. The topological polar surface area (TPSA) is 99.0 Å². The molecule has 0 bridgehead atoms. The normalized spacial score (nSPS) is 13.2. The van der Waals surface area contributed by atoms with E-state index in [-0.39, 0.29) is 11.7 Å². The fraction of sp³-hybridized carbons (Fsp3) is 0.120. The number of carbonyl (C=O) groups is 1. The molecule has 1 aliphatic heterocycles. The number of sulfonamides is 1. The number of aryl methyl sites for hydroxylation is 1. The van der Waals surface area contributed by atoms with Gasteiger partial charge in [0.05, 0.1) is 15.1 Å². The molecule has 0 radical (unpaired) electrons. The molecule has 1 amide bonds. The lowest BCUT2D eigenvalue weighted by atomic mass is 10.2. The van der Waals surface area contributed by atoms with Gasteiger partial charge >= 0.3 is 0 Å². The summed E-state index contributed by atoms with van der Waals surface area (Å²) in [6.07, 6.45) is 1.73. The maximum Gasteiger partial charge on any atom is 0.279 e. The Morgan fingerprint density at radius 2 is 1.80 bits per heavy atom. The number of hydrogen-bond donors (Lipinski definition) is 1. The van der Waals surface area contributed by atoms with Crippen LogP contribution < -0.4 is 19.0 Å². The number of ether oxygens (including phenoxy) is 2. The summed E-state index contributed by atoms with van der Waals surface area (Å²) in [4.78, 5) is 17.9. The third-order valence-corrected chi connectivity index (χ3v) is 7.84. The van der Waals surface area contributed by atoms with Crippen LogP contribution in [0, 0.1) is 6.92 Å². The van der Waals surface area contributed by atoms with Crippen LogP contribution in [0.4, 0.5) is 5.69 Å². The van der Waals surface area contributed by atoms with Gasteiger partial charge in [-0.3, -0.25) is 9.52 Å². The summed E-state index contributed by atoms with van der Waals surface area (Å²) >= 11 is 1.36. The van der Waals surface area contributed by atoms with Gasteiger partial charge in [0.1, 0.15) is 0 Å². The smallest absolute Gasteiger partial charge is 0.279 e. The summed E-state index contributed by atoms with van der Waals surface area (Å²) < 4.78 is 41.5. The molecule has 2 heterocycles. The van der Waals surface area contributed by atoms with Crippen LogP contribution in [0.25, 0.3) is 10.2 Å². The number of thiazole rings is 1. The van der Waals surface area contributed by atoms with Crippen LogP contribution in [0.2, 0.25) is 0 Å². The molecule has 4 aromatic rings. The minimum Gasteiger partial charge on any atom is -0.454 e. The van der Waals surface area contributed by atoms with E-state index in [0.717, 1.165) is 15.8 Å². The summed E-state index contributed by atoms with van der Waals surface area (Å²) in [7, 11) is -3.73. The van der Waals surface area contributed by atoms with Crippen molar-refractivity contribution in [2.75, 3.05) is 11.5 Å². The van der Waals surface area contributed by atoms with E-state index in [9.17, 15) is 13.2 Å². The monoisotopic (exact) mass is 507 g/mol. The van der Waals surface area contributed by atoms with Crippen LogP contribution in [0.5, 0.6) is 11.5 Å². The molecule has 1 aromatic heterocycles. The Labute approximate surface area is 205 Å². The number of benzene rings is 3. The zero-order valence-electron chi connectivity index (χ0n) is 18.7. The van der Waals surface area contributed by atoms with E-state index in [4.69, 9.17) is 9.47 Å². The number of hydrogen-bond acceptors (Lipinski definition) is 6. The highest BCUT2D eigenvalue weighted by Crippen LogP contribution is 2.37. The molecule has 0 saturated carbocycles. The van der Waals surface area contributed by atoms with E-state index >= 15 is 0 Å². The largest absolute Gasteiger partial charge is 0.454 e. The molecule has 1 N–H and O–H groups in total. The van der Waals surface area contributed by atoms with Crippen molar-refractivity contribution < 1.29 is 22.7 Å². The second kappa shape index (κ2) is 9.05. The number of fused-ring (bicyclic) bond motifs is 2. The van der Waals surface area contributed by atoms with E-state index < -0.39 is 15.9 Å². The summed E-state index contributed by atoms with van der Waals surface area (Å²) in [5.74, 6) is 0.864. The SMILES string of the molecule is C=CCn1c(=NC(=O)c2ccc(NS(=O)(=O)c3ccc(C)cc3)cc2)sc2cc3c(cc21)OCO3. The third kappa shape index (κ3) is 4.58. The molecule has 0 unspecified atom stereocenters. The first-order valence-electron chi connectivity index (χ1n) is 10.7. The zero-order valence-corrected chi connectivity index (χ0v) is 20.4. The van der Waals surface area contributed by atoms with Gasteiger partial charge in [0.25, 0.3) is 15.9 Å². The van der Waals surface area contributed by atoms with Crippen LogP contribution in [-0.4, -0.2) is 25.7 Å². The molecule has 10 heteroatoms. The Balaban J connectivity index is 1.42.